The van der Waals surface area contributed by atoms with Crippen LogP contribution < -0.4 is 27.3 Å². The number of halogens is 3. The number of urea groups is 1. The maximum atomic E-state index is 13.3. The van der Waals surface area contributed by atoms with E-state index >= 15 is 0 Å². The number of fused-ring (bicyclic) bond motifs is 3. The Hall–Kier alpha value is -5.89. The second kappa shape index (κ2) is 23.1. The van der Waals surface area contributed by atoms with Gasteiger partial charge in [-0.05, 0) is 80.4 Å². The van der Waals surface area contributed by atoms with Crippen molar-refractivity contribution in [3.63, 3.8) is 0 Å². The van der Waals surface area contributed by atoms with Crippen molar-refractivity contribution in [2.75, 3.05) is 31.9 Å². The highest BCUT2D eigenvalue weighted by molar-refractivity contribution is 6.10. The Balaban J connectivity index is 0.000000170. The van der Waals surface area contributed by atoms with Crippen LogP contribution in [0.4, 0.5) is 23.8 Å². The van der Waals surface area contributed by atoms with E-state index < -0.39 is 71.4 Å². The third-order valence-corrected chi connectivity index (χ3v) is 12.5. The number of rotatable bonds is 18. The van der Waals surface area contributed by atoms with Gasteiger partial charge in [-0.2, -0.15) is 0 Å². The van der Waals surface area contributed by atoms with Crippen molar-refractivity contribution in [3.05, 3.63) is 94.4 Å². The lowest BCUT2D eigenvalue weighted by Crippen LogP contribution is -2.48. The normalized spacial score (nSPS) is 18.3. The molecule has 17 nitrogen and oxygen atoms in total. The molecule has 8 rings (SSSR count). The second-order valence-electron chi connectivity index (χ2n) is 18.3. The Kier molecular flexibility index (Phi) is 17.6. The molecule has 5 aliphatic rings. The summed E-state index contributed by atoms with van der Waals surface area (Å²) in [5, 5.41) is 3.73. The van der Waals surface area contributed by atoms with Gasteiger partial charge in [0.1, 0.15) is 17.7 Å². The van der Waals surface area contributed by atoms with E-state index in [1.165, 1.54) is 64.3 Å². The summed E-state index contributed by atoms with van der Waals surface area (Å²) in [5.41, 5.74) is 1.31. The number of hydrogen-bond donors (Lipinski definition) is 1. The van der Waals surface area contributed by atoms with Crippen molar-refractivity contribution in [3.8, 4) is 0 Å². The molecule has 0 saturated heterocycles. The lowest BCUT2D eigenvalue weighted by atomic mass is 9.81. The number of hydroxylamine groups is 1. The first kappa shape index (κ1) is 52.5. The van der Waals surface area contributed by atoms with Gasteiger partial charge >= 0.3 is 22.9 Å². The minimum atomic E-state index is -3.18. The number of unbranched alkanes of at least 4 members (excludes halogenated alkanes) is 1. The van der Waals surface area contributed by atoms with Gasteiger partial charge in [0.15, 0.2) is 6.23 Å². The molecule has 2 saturated carbocycles. The summed E-state index contributed by atoms with van der Waals surface area (Å²) in [6.45, 7) is 5.15. The van der Waals surface area contributed by atoms with Crippen molar-refractivity contribution in [1.29, 1.82) is 0 Å². The minimum absolute atomic E-state index is 0.0238. The Morgan fingerprint density at radius 1 is 0.739 bits per heavy atom. The average molecular weight is 971 g/mol. The number of nitrogens with one attached hydrogen (secondary N) is 1. The number of nitrogens with zero attached hydrogens (tertiary/aromatic N) is 3. The van der Waals surface area contributed by atoms with E-state index in [-0.39, 0.29) is 47.9 Å². The van der Waals surface area contributed by atoms with E-state index in [1.54, 1.807) is 0 Å². The zero-order valence-corrected chi connectivity index (χ0v) is 39.8. The van der Waals surface area contributed by atoms with E-state index in [2.05, 4.69) is 5.32 Å². The zero-order valence-electron chi connectivity index (χ0n) is 39.8. The third-order valence-electron chi connectivity index (χ3n) is 12.5. The summed E-state index contributed by atoms with van der Waals surface area (Å²) in [4.78, 5) is 103. The average Bonchev–Trinajstić information content (AvgIpc) is 4.08. The lowest BCUT2D eigenvalue weighted by molar-refractivity contribution is -0.133. The number of anilines is 1. The first-order valence-electron chi connectivity index (χ1n) is 23.8. The predicted molar refractivity (Wildman–Crippen MR) is 243 cm³/mol. The molecule has 0 aromatic carbocycles. The Labute approximate surface area is 396 Å². The van der Waals surface area contributed by atoms with Gasteiger partial charge in [-0.25, -0.2) is 32.3 Å². The van der Waals surface area contributed by atoms with Gasteiger partial charge in [0.05, 0.1) is 49.7 Å². The van der Waals surface area contributed by atoms with E-state index in [4.69, 9.17) is 22.8 Å². The van der Waals surface area contributed by atoms with Crippen LogP contribution in [0.2, 0.25) is 0 Å². The molecule has 3 aromatic rings. The van der Waals surface area contributed by atoms with Gasteiger partial charge in [-0.15, -0.1) is 5.06 Å². The van der Waals surface area contributed by atoms with Gasteiger partial charge in [-0.3, -0.25) is 33.8 Å². The van der Waals surface area contributed by atoms with E-state index in [0.29, 0.717) is 48.0 Å². The first-order chi connectivity index (χ1) is 32.8. The van der Waals surface area contributed by atoms with Crippen molar-refractivity contribution in [2.24, 2.45) is 11.8 Å². The topological polar surface area (TPSA) is 216 Å². The van der Waals surface area contributed by atoms with E-state index in [1.807, 2.05) is 13.8 Å². The van der Waals surface area contributed by atoms with Gasteiger partial charge in [-0.1, -0.05) is 58.8 Å². The fourth-order valence-corrected chi connectivity index (χ4v) is 8.72. The molecule has 1 N–H and O–H groups in total. The van der Waals surface area contributed by atoms with Crippen LogP contribution in [0.3, 0.4) is 0 Å². The second-order valence-corrected chi connectivity index (χ2v) is 18.3. The van der Waals surface area contributed by atoms with Crippen LogP contribution >= 0.6 is 0 Å². The summed E-state index contributed by atoms with van der Waals surface area (Å²) in [5.74, 6) is -4.14. The molecule has 69 heavy (non-hydrogen) atoms. The number of alkyl halides is 3. The molecular formula is C49H61F3N4O13. The summed E-state index contributed by atoms with van der Waals surface area (Å²) >= 11 is 0. The molecule has 2 fully saturated rings. The van der Waals surface area contributed by atoms with Crippen molar-refractivity contribution < 1.29 is 60.0 Å². The van der Waals surface area contributed by atoms with Crippen LogP contribution in [0.25, 0.3) is 0 Å². The molecule has 20 heteroatoms. The van der Waals surface area contributed by atoms with Crippen LogP contribution in [0.5, 0.6) is 0 Å². The standard InChI is InChI=1S/C17H20FNO4.C17H24N2O5.C15H17F2NO4/c1-10(18)9-19-14(20)8-13-16(17(19)22)12(7-15(21)23-13)4-2-3-11-5-6-11;1-3-9-23-15-14-12(8-7-11-5-4-6-11)10-13(20)24-16(14)19(22-2)17(21)18-15;1-3-4-5-9-6-12(20)22-10-7-11(19)18(8-15(2,16)17)14(21)13(9)10/h7,10-11H,2-6,8-9H2,1H3;10-11,15H,3-9H2,1-2H3,(H,18,21);6H,3-5,7-8H2,1-2H3. The van der Waals surface area contributed by atoms with Crippen molar-refractivity contribution in [1.82, 2.24) is 15.1 Å². The molecule has 3 aromatic heterocycles. The minimum Gasteiger partial charge on any atom is -0.426 e. The largest absolute Gasteiger partial charge is 0.426 e. The summed E-state index contributed by atoms with van der Waals surface area (Å²) in [6.07, 6.45) is 11.1. The summed E-state index contributed by atoms with van der Waals surface area (Å²) in [6, 6.07) is 3.52. The number of ether oxygens (including phenoxy) is 1. The van der Waals surface area contributed by atoms with Gasteiger partial charge in [0.25, 0.3) is 17.7 Å². The molecule has 6 amide bonds. The molecule has 0 radical (unpaired) electrons. The number of amides is 6. The molecular weight excluding hydrogens is 910 g/mol. The highest BCUT2D eigenvalue weighted by Gasteiger charge is 2.41. The smallest absolute Gasteiger partial charge is 0.351 e. The van der Waals surface area contributed by atoms with Crippen molar-refractivity contribution in [2.45, 2.75) is 149 Å². The monoisotopic (exact) mass is 970 g/mol. The summed E-state index contributed by atoms with van der Waals surface area (Å²) < 4.78 is 60.6. The van der Waals surface area contributed by atoms with Crippen LogP contribution in [-0.4, -0.2) is 78.4 Å². The molecule has 6 heterocycles. The highest BCUT2D eigenvalue weighted by atomic mass is 19.3. The first-order valence-corrected chi connectivity index (χ1v) is 23.8. The van der Waals surface area contributed by atoms with Crippen LogP contribution in [-0.2, 0) is 51.3 Å². The zero-order chi connectivity index (χ0) is 50.2. The Morgan fingerprint density at radius 2 is 1.29 bits per heavy atom. The van der Waals surface area contributed by atoms with Crippen LogP contribution in [0.1, 0.15) is 159 Å². The SMILES string of the molecule is CC(F)CN1C(=O)Cc2oc(=O)cc(CCCC3CC3)c2C1=O.CCCCc1cc(=O)oc2c1C(=O)N(CC(C)(F)F)C(=O)C2.CCCOC1NC(=O)N(OC)c2oc(=O)cc(CCC3CCC3)c21. The number of imide groups is 2. The Bertz CT molecular complexity index is 2560. The maximum absolute atomic E-state index is 13.3. The number of carbonyl (C=O) groups excluding carboxylic acids is 5. The molecule has 2 atom stereocenters. The molecule has 3 aliphatic heterocycles. The number of carbonyl (C=O) groups is 5. The van der Waals surface area contributed by atoms with E-state index in [0.717, 1.165) is 72.3 Å². The van der Waals surface area contributed by atoms with Crippen LogP contribution in [0, 0.1) is 11.8 Å². The molecule has 2 aliphatic carbocycles. The third kappa shape index (κ3) is 13.5. The molecule has 376 valence electrons. The molecule has 0 bridgehead atoms. The highest BCUT2D eigenvalue weighted by Crippen LogP contribution is 2.37. The fourth-order valence-electron chi connectivity index (χ4n) is 8.72. The van der Waals surface area contributed by atoms with Gasteiger partial charge in [0, 0.05) is 31.7 Å². The molecule has 0 spiro atoms. The van der Waals surface area contributed by atoms with Crippen molar-refractivity contribution >= 4 is 35.5 Å². The maximum Gasteiger partial charge on any atom is 0.351 e. The fraction of sp³-hybridized carbons (Fsp3) is 0.592. The predicted octanol–water partition coefficient (Wildman–Crippen LogP) is 7.31. The Morgan fingerprint density at radius 3 is 1.81 bits per heavy atom. The van der Waals surface area contributed by atoms with Gasteiger partial charge < -0.3 is 23.3 Å². The van der Waals surface area contributed by atoms with E-state index in [9.17, 15) is 51.5 Å². The number of hydrogen-bond acceptors (Lipinski definition) is 13. The summed E-state index contributed by atoms with van der Waals surface area (Å²) in [7, 11) is 1.36. The molecule has 2 unspecified atom stereocenters. The lowest BCUT2D eigenvalue weighted by Gasteiger charge is -2.33. The quantitative estimate of drug-likeness (QED) is 0.124. The van der Waals surface area contributed by atoms with Crippen LogP contribution in [0.15, 0.2) is 45.8 Å². The van der Waals surface area contributed by atoms with Gasteiger partial charge in [0.2, 0.25) is 17.7 Å². The number of aryl methyl sites for hydroxylation is 3.